The Labute approximate surface area is 121 Å². The van der Waals surface area contributed by atoms with Crippen LogP contribution in [-0.4, -0.2) is 15.5 Å². The molecule has 6 heteroatoms. The Bertz CT molecular complexity index is 588. The van der Waals surface area contributed by atoms with Crippen LogP contribution in [0.5, 0.6) is 5.75 Å². The van der Waals surface area contributed by atoms with Crippen molar-refractivity contribution in [3.05, 3.63) is 54.6 Å². The van der Waals surface area contributed by atoms with Crippen LogP contribution in [0.25, 0.3) is 11.1 Å². The molecule has 102 valence electrons. The zero-order chi connectivity index (χ0) is 14.3. The highest BCUT2D eigenvalue weighted by Gasteiger charge is 1.95. The average Bonchev–Trinajstić information content (AvgIpc) is 2.38. The molecular formula is C13H12Cl2O3S. The van der Waals surface area contributed by atoms with E-state index in [1.165, 1.54) is 11.1 Å². The van der Waals surface area contributed by atoms with Crippen molar-refractivity contribution in [2.45, 2.75) is 0 Å². The Balaban J connectivity index is 0.000000312. The first-order valence-corrected chi connectivity index (χ1v) is 8.37. The van der Waals surface area contributed by atoms with Crippen molar-refractivity contribution < 1.29 is 13.2 Å². The maximum atomic E-state index is 9.16. The van der Waals surface area contributed by atoms with Crippen molar-refractivity contribution in [2.24, 2.45) is 0 Å². The van der Waals surface area contributed by atoms with Crippen LogP contribution in [0, 0.1) is 0 Å². The van der Waals surface area contributed by atoms with Gasteiger partial charge in [-0.3, -0.25) is 0 Å². The van der Waals surface area contributed by atoms with Gasteiger partial charge in [0.25, 0.3) is 0 Å². The smallest absolute Gasteiger partial charge is 0.317 e. The average molecular weight is 319 g/mol. The highest BCUT2D eigenvalue weighted by molar-refractivity contribution is 8.31. The number of hydrogen-bond acceptors (Lipinski definition) is 3. The third-order valence-electron chi connectivity index (χ3n) is 2.20. The molecule has 3 nitrogen and oxygen atoms in total. The van der Waals surface area contributed by atoms with E-state index in [4.69, 9.17) is 13.2 Å². The number of halogens is 2. The minimum Gasteiger partial charge on any atom is -0.497 e. The maximum absolute atomic E-state index is 9.16. The molecule has 0 aliphatic carbocycles. The Kier molecular flexibility index (Phi) is 6.15. The predicted molar refractivity (Wildman–Crippen MR) is 79.1 cm³/mol. The SMILES string of the molecule is COc1ccc(-c2ccccc2)cc1.O=S(=O)(Cl)Cl. The lowest BCUT2D eigenvalue weighted by molar-refractivity contribution is 0.415. The molecule has 0 N–H and O–H groups in total. The Morgan fingerprint density at radius 2 is 1.26 bits per heavy atom. The van der Waals surface area contributed by atoms with E-state index in [1.54, 1.807) is 7.11 Å². The van der Waals surface area contributed by atoms with Gasteiger partial charge in [0.1, 0.15) is 5.75 Å². The Morgan fingerprint density at radius 1 is 0.842 bits per heavy atom. The molecule has 0 amide bonds. The normalized spacial score (nSPS) is 10.3. The summed E-state index contributed by atoms with van der Waals surface area (Å²) in [5.74, 6) is 0.893. The van der Waals surface area contributed by atoms with Gasteiger partial charge in [0.05, 0.1) is 7.11 Å². The quantitative estimate of drug-likeness (QED) is 0.784. The summed E-state index contributed by atoms with van der Waals surface area (Å²) in [6, 6.07) is 18.4. The molecule has 19 heavy (non-hydrogen) atoms. The standard InChI is InChI=1S/C13H12O.Cl2O2S/c1-14-13-9-7-12(8-10-13)11-5-3-2-4-6-11;1-5(2,3)4/h2-10H,1H3;. The monoisotopic (exact) mass is 318 g/mol. The summed E-state index contributed by atoms with van der Waals surface area (Å²) in [6.45, 7) is 0. The maximum Gasteiger partial charge on any atom is 0.317 e. The van der Waals surface area contributed by atoms with Crippen LogP contribution in [0.1, 0.15) is 0 Å². The number of hydrogen-bond donors (Lipinski definition) is 0. The molecule has 0 radical (unpaired) electrons. The van der Waals surface area contributed by atoms with Crippen molar-refractivity contribution in [3.63, 3.8) is 0 Å². The summed E-state index contributed by atoms with van der Waals surface area (Å²) < 4.78 is 23.4. The molecule has 0 fully saturated rings. The zero-order valence-corrected chi connectivity index (χ0v) is 12.4. The predicted octanol–water partition coefficient (Wildman–Crippen LogP) is 4.07. The largest absolute Gasteiger partial charge is 0.497 e. The molecule has 0 atom stereocenters. The minimum absolute atomic E-state index is 0.893. The third kappa shape index (κ3) is 7.06. The van der Waals surface area contributed by atoms with Crippen molar-refractivity contribution >= 4 is 29.6 Å². The van der Waals surface area contributed by atoms with Crippen LogP contribution in [0.3, 0.4) is 0 Å². The van der Waals surface area contributed by atoms with Crippen LogP contribution in [-0.2, 0) is 8.26 Å². The van der Waals surface area contributed by atoms with Crippen molar-refractivity contribution in [2.75, 3.05) is 7.11 Å². The number of benzene rings is 2. The van der Waals surface area contributed by atoms with Gasteiger partial charge in [-0.1, -0.05) is 42.5 Å². The van der Waals surface area contributed by atoms with E-state index >= 15 is 0 Å². The van der Waals surface area contributed by atoms with Crippen LogP contribution in [0.4, 0.5) is 0 Å². The number of rotatable bonds is 2. The van der Waals surface area contributed by atoms with Crippen molar-refractivity contribution in [3.8, 4) is 16.9 Å². The van der Waals surface area contributed by atoms with E-state index in [-0.39, 0.29) is 0 Å². The summed E-state index contributed by atoms with van der Waals surface area (Å²) in [5.41, 5.74) is 2.45. The molecule has 2 aromatic rings. The minimum atomic E-state index is -3.72. The van der Waals surface area contributed by atoms with Crippen LogP contribution < -0.4 is 4.74 Å². The van der Waals surface area contributed by atoms with Gasteiger partial charge in [-0.05, 0) is 23.3 Å². The van der Waals surface area contributed by atoms with Gasteiger partial charge in [0, 0.05) is 21.4 Å². The number of ether oxygens (including phenoxy) is 1. The van der Waals surface area contributed by atoms with Gasteiger partial charge in [-0.15, -0.1) is 0 Å². The van der Waals surface area contributed by atoms with E-state index in [2.05, 4.69) is 45.6 Å². The number of methoxy groups -OCH3 is 1. The fourth-order valence-corrected chi connectivity index (χ4v) is 1.41. The van der Waals surface area contributed by atoms with Gasteiger partial charge in [-0.2, -0.15) is 8.42 Å². The topological polar surface area (TPSA) is 43.4 Å². The molecule has 0 spiro atoms. The second-order valence-corrected chi connectivity index (χ2v) is 7.14. The molecular weight excluding hydrogens is 307 g/mol. The molecule has 2 aromatic carbocycles. The van der Waals surface area contributed by atoms with E-state index < -0.39 is 8.26 Å². The lowest BCUT2D eigenvalue weighted by Crippen LogP contribution is -1.82. The second kappa shape index (κ2) is 7.38. The lowest BCUT2D eigenvalue weighted by Gasteiger charge is -2.02. The summed E-state index contributed by atoms with van der Waals surface area (Å²) in [4.78, 5) is 0. The third-order valence-corrected chi connectivity index (χ3v) is 2.20. The van der Waals surface area contributed by atoms with Crippen LogP contribution in [0.2, 0.25) is 0 Å². The van der Waals surface area contributed by atoms with Gasteiger partial charge in [-0.25, -0.2) is 0 Å². The Hall–Kier alpha value is -1.23. The van der Waals surface area contributed by atoms with Gasteiger partial charge in [0.2, 0.25) is 0 Å². The molecule has 0 aromatic heterocycles. The molecule has 0 unspecified atom stereocenters. The summed E-state index contributed by atoms with van der Waals surface area (Å²) >= 11 is 0. The van der Waals surface area contributed by atoms with Crippen molar-refractivity contribution in [1.29, 1.82) is 0 Å². The first-order chi connectivity index (χ1) is 8.90. The van der Waals surface area contributed by atoms with Gasteiger partial charge in [0.15, 0.2) is 0 Å². The molecule has 0 bridgehead atoms. The fourth-order valence-electron chi connectivity index (χ4n) is 1.41. The molecule has 2 rings (SSSR count). The molecule has 0 saturated heterocycles. The molecule has 0 aliphatic rings. The molecule has 0 heterocycles. The lowest BCUT2D eigenvalue weighted by atomic mass is 10.1. The highest BCUT2D eigenvalue weighted by Crippen LogP contribution is 2.21. The van der Waals surface area contributed by atoms with E-state index in [9.17, 15) is 0 Å². The summed E-state index contributed by atoms with van der Waals surface area (Å²) in [5, 5.41) is 0. The van der Waals surface area contributed by atoms with Gasteiger partial charge >= 0.3 is 8.26 Å². The van der Waals surface area contributed by atoms with Crippen molar-refractivity contribution in [1.82, 2.24) is 0 Å². The second-order valence-electron chi connectivity index (χ2n) is 3.47. The zero-order valence-electron chi connectivity index (χ0n) is 10.1. The highest BCUT2D eigenvalue weighted by atomic mass is 36.0. The summed E-state index contributed by atoms with van der Waals surface area (Å²) in [6.07, 6.45) is 0. The fraction of sp³-hybridized carbons (Fsp3) is 0.0769. The van der Waals surface area contributed by atoms with Gasteiger partial charge < -0.3 is 4.74 Å². The van der Waals surface area contributed by atoms with Crippen LogP contribution >= 0.6 is 21.4 Å². The van der Waals surface area contributed by atoms with E-state index in [1.807, 2.05) is 30.3 Å². The summed E-state index contributed by atoms with van der Waals surface area (Å²) in [7, 11) is 6.49. The first-order valence-electron chi connectivity index (χ1n) is 5.24. The molecule has 0 saturated carbocycles. The van der Waals surface area contributed by atoms with Crippen LogP contribution in [0.15, 0.2) is 54.6 Å². The molecule has 0 aliphatic heterocycles. The first kappa shape index (κ1) is 15.8. The van der Waals surface area contributed by atoms with E-state index in [0.717, 1.165) is 5.75 Å². The van der Waals surface area contributed by atoms with E-state index in [0.29, 0.717) is 0 Å². The Morgan fingerprint density at radius 3 is 1.68 bits per heavy atom.